The number of urea groups is 1. The van der Waals surface area contributed by atoms with Gasteiger partial charge in [0, 0.05) is 35.6 Å². The minimum absolute atomic E-state index is 0.0493. The molecular formula is C12H15BrN2OS. The van der Waals surface area contributed by atoms with Crippen molar-refractivity contribution in [2.24, 2.45) is 0 Å². The van der Waals surface area contributed by atoms with Gasteiger partial charge in [0.05, 0.1) is 0 Å². The van der Waals surface area contributed by atoms with Gasteiger partial charge in [-0.05, 0) is 17.7 Å². The highest BCUT2D eigenvalue weighted by Gasteiger charge is 2.15. The summed E-state index contributed by atoms with van der Waals surface area (Å²) >= 11 is 5.30. The fraction of sp³-hybridized carbons (Fsp3) is 0.417. The average molecular weight is 315 g/mol. The van der Waals surface area contributed by atoms with Gasteiger partial charge in [-0.1, -0.05) is 28.1 Å². The van der Waals surface area contributed by atoms with E-state index < -0.39 is 0 Å². The molecule has 0 bridgehead atoms. The molecule has 0 atom stereocenters. The lowest BCUT2D eigenvalue weighted by molar-refractivity contribution is 0.202. The Morgan fingerprint density at radius 1 is 1.29 bits per heavy atom. The molecule has 2 amide bonds. The van der Waals surface area contributed by atoms with Crippen LogP contribution in [0.25, 0.3) is 0 Å². The van der Waals surface area contributed by atoms with Crippen LogP contribution in [0.1, 0.15) is 5.56 Å². The standard InChI is InChI=1S/C12H15BrN2OS/c13-11-3-1-10(2-4-11)9-14-12(16)15-5-7-17-8-6-15/h1-4H,5-9H2,(H,14,16). The molecule has 1 saturated heterocycles. The maximum atomic E-state index is 11.8. The Morgan fingerprint density at radius 3 is 2.59 bits per heavy atom. The number of thioether (sulfide) groups is 1. The first-order valence-electron chi connectivity index (χ1n) is 5.60. The molecule has 1 aromatic rings. The van der Waals surface area contributed by atoms with Gasteiger partial charge in [-0.2, -0.15) is 11.8 Å². The quantitative estimate of drug-likeness (QED) is 0.910. The third-order valence-electron chi connectivity index (χ3n) is 2.66. The fourth-order valence-corrected chi connectivity index (χ4v) is 2.83. The molecule has 92 valence electrons. The highest BCUT2D eigenvalue weighted by atomic mass is 79.9. The van der Waals surface area contributed by atoms with Crippen molar-refractivity contribution >= 4 is 33.7 Å². The summed E-state index contributed by atoms with van der Waals surface area (Å²) in [6, 6.07) is 8.04. The van der Waals surface area contributed by atoms with Crippen molar-refractivity contribution in [3.05, 3.63) is 34.3 Å². The Bertz CT molecular complexity index is 377. The molecule has 17 heavy (non-hydrogen) atoms. The van der Waals surface area contributed by atoms with Gasteiger partial charge in [0.25, 0.3) is 0 Å². The topological polar surface area (TPSA) is 32.3 Å². The summed E-state index contributed by atoms with van der Waals surface area (Å²) in [6.45, 7) is 2.31. The summed E-state index contributed by atoms with van der Waals surface area (Å²) in [4.78, 5) is 13.7. The lowest BCUT2D eigenvalue weighted by Gasteiger charge is -2.26. The monoisotopic (exact) mass is 314 g/mol. The smallest absolute Gasteiger partial charge is 0.317 e. The van der Waals surface area contributed by atoms with Crippen molar-refractivity contribution in [1.82, 2.24) is 10.2 Å². The first-order valence-corrected chi connectivity index (χ1v) is 7.55. The summed E-state index contributed by atoms with van der Waals surface area (Å²) in [5, 5.41) is 2.95. The van der Waals surface area contributed by atoms with Gasteiger partial charge in [-0.15, -0.1) is 0 Å². The lowest BCUT2D eigenvalue weighted by atomic mass is 10.2. The fourth-order valence-electron chi connectivity index (χ4n) is 1.66. The Kier molecular flexibility index (Phi) is 4.74. The molecule has 0 spiro atoms. The second kappa shape index (κ2) is 6.31. The molecule has 5 heteroatoms. The van der Waals surface area contributed by atoms with E-state index in [1.165, 1.54) is 0 Å². The van der Waals surface area contributed by atoms with E-state index in [-0.39, 0.29) is 6.03 Å². The SMILES string of the molecule is O=C(NCc1ccc(Br)cc1)N1CCSCC1. The highest BCUT2D eigenvalue weighted by molar-refractivity contribution is 9.10. The van der Waals surface area contributed by atoms with E-state index in [0.29, 0.717) is 6.54 Å². The second-order valence-corrected chi connectivity index (χ2v) is 6.03. The van der Waals surface area contributed by atoms with Gasteiger partial charge in [0.15, 0.2) is 0 Å². The van der Waals surface area contributed by atoms with Crippen LogP contribution >= 0.6 is 27.7 Å². The lowest BCUT2D eigenvalue weighted by Crippen LogP contribution is -2.44. The molecule has 2 rings (SSSR count). The third kappa shape index (κ3) is 3.92. The zero-order chi connectivity index (χ0) is 12.1. The number of rotatable bonds is 2. The summed E-state index contributed by atoms with van der Waals surface area (Å²) in [5.74, 6) is 2.09. The normalized spacial score (nSPS) is 15.7. The van der Waals surface area contributed by atoms with Crippen LogP contribution in [-0.4, -0.2) is 35.5 Å². The van der Waals surface area contributed by atoms with Crippen LogP contribution in [0, 0.1) is 0 Å². The van der Waals surface area contributed by atoms with Gasteiger partial charge in [0.1, 0.15) is 0 Å². The number of nitrogens with one attached hydrogen (secondary N) is 1. The average Bonchev–Trinajstić information content (AvgIpc) is 2.39. The van der Waals surface area contributed by atoms with Gasteiger partial charge in [-0.25, -0.2) is 4.79 Å². The molecule has 1 heterocycles. The molecule has 0 saturated carbocycles. The molecular weight excluding hydrogens is 300 g/mol. The van der Waals surface area contributed by atoms with Crippen LogP contribution in [0.5, 0.6) is 0 Å². The number of benzene rings is 1. The maximum absolute atomic E-state index is 11.8. The van der Waals surface area contributed by atoms with Gasteiger partial charge in [-0.3, -0.25) is 0 Å². The Balaban J connectivity index is 1.81. The van der Waals surface area contributed by atoms with Crippen LogP contribution in [0.2, 0.25) is 0 Å². The van der Waals surface area contributed by atoms with E-state index >= 15 is 0 Å². The predicted molar refractivity (Wildman–Crippen MR) is 75.3 cm³/mol. The Hall–Kier alpha value is -0.680. The van der Waals surface area contributed by atoms with Crippen LogP contribution in [0.3, 0.4) is 0 Å². The van der Waals surface area contributed by atoms with Gasteiger partial charge >= 0.3 is 6.03 Å². The molecule has 0 radical (unpaired) electrons. The molecule has 0 unspecified atom stereocenters. The van der Waals surface area contributed by atoms with Crippen molar-refractivity contribution in [3.63, 3.8) is 0 Å². The Morgan fingerprint density at radius 2 is 1.94 bits per heavy atom. The highest BCUT2D eigenvalue weighted by Crippen LogP contribution is 2.11. The van der Waals surface area contributed by atoms with Crippen molar-refractivity contribution in [1.29, 1.82) is 0 Å². The molecule has 1 aromatic carbocycles. The molecule has 1 fully saturated rings. The van der Waals surface area contributed by atoms with Gasteiger partial charge in [0.2, 0.25) is 0 Å². The second-order valence-electron chi connectivity index (χ2n) is 3.88. The summed E-state index contributed by atoms with van der Waals surface area (Å²) in [7, 11) is 0. The van der Waals surface area contributed by atoms with Crippen LogP contribution < -0.4 is 5.32 Å². The molecule has 0 aromatic heterocycles. The number of carbonyl (C=O) groups excluding carboxylic acids is 1. The molecule has 1 N–H and O–H groups in total. The summed E-state index contributed by atoms with van der Waals surface area (Å²) in [6.07, 6.45) is 0. The van der Waals surface area contributed by atoms with E-state index in [9.17, 15) is 4.79 Å². The minimum atomic E-state index is 0.0493. The van der Waals surface area contributed by atoms with Crippen LogP contribution in [-0.2, 0) is 6.54 Å². The van der Waals surface area contributed by atoms with E-state index in [2.05, 4.69) is 21.2 Å². The first-order chi connectivity index (χ1) is 8.25. The largest absolute Gasteiger partial charge is 0.334 e. The van der Waals surface area contributed by atoms with E-state index in [1.54, 1.807) is 0 Å². The third-order valence-corrected chi connectivity index (χ3v) is 4.13. The number of hydrogen-bond acceptors (Lipinski definition) is 2. The first kappa shape index (κ1) is 12.8. The molecule has 0 aliphatic carbocycles. The van der Waals surface area contributed by atoms with Crippen molar-refractivity contribution < 1.29 is 4.79 Å². The zero-order valence-electron chi connectivity index (χ0n) is 9.49. The molecule has 1 aliphatic rings. The summed E-state index contributed by atoms with van der Waals surface area (Å²) in [5.41, 5.74) is 1.12. The number of nitrogens with zero attached hydrogens (tertiary/aromatic N) is 1. The molecule has 3 nitrogen and oxygen atoms in total. The number of amides is 2. The van der Waals surface area contributed by atoms with Crippen molar-refractivity contribution in [3.8, 4) is 0 Å². The predicted octanol–water partition coefficient (Wildman–Crippen LogP) is 2.71. The Labute approximate surface area is 114 Å². The number of hydrogen-bond donors (Lipinski definition) is 1. The van der Waals surface area contributed by atoms with Gasteiger partial charge < -0.3 is 10.2 Å². The zero-order valence-corrected chi connectivity index (χ0v) is 11.9. The van der Waals surface area contributed by atoms with E-state index in [4.69, 9.17) is 0 Å². The maximum Gasteiger partial charge on any atom is 0.317 e. The molecule has 1 aliphatic heterocycles. The van der Waals surface area contributed by atoms with Crippen LogP contribution in [0.15, 0.2) is 28.7 Å². The minimum Gasteiger partial charge on any atom is -0.334 e. The van der Waals surface area contributed by atoms with Crippen LogP contribution in [0.4, 0.5) is 4.79 Å². The number of carbonyl (C=O) groups is 1. The van der Waals surface area contributed by atoms with E-state index in [1.807, 2.05) is 40.9 Å². The van der Waals surface area contributed by atoms with Crippen molar-refractivity contribution in [2.75, 3.05) is 24.6 Å². The number of halogens is 1. The summed E-state index contributed by atoms with van der Waals surface area (Å²) < 4.78 is 1.06. The van der Waals surface area contributed by atoms with E-state index in [0.717, 1.165) is 34.6 Å². The van der Waals surface area contributed by atoms with Crippen molar-refractivity contribution in [2.45, 2.75) is 6.54 Å².